The second-order valence-electron chi connectivity index (χ2n) is 2.91. The lowest BCUT2D eigenvalue weighted by molar-refractivity contribution is 0.669. The molecule has 2 nitrogen and oxygen atoms in total. The van der Waals surface area contributed by atoms with Gasteiger partial charge in [0.1, 0.15) is 5.82 Å². The molecule has 0 rings (SSSR count). The van der Waals surface area contributed by atoms with Crippen LogP contribution in [0.15, 0.2) is 23.7 Å². The maximum atomic E-state index is 3.29. The molecule has 0 unspecified atom stereocenters. The van der Waals surface area contributed by atoms with Gasteiger partial charge in [-0.1, -0.05) is 19.9 Å². The third kappa shape index (κ3) is 5.18. The zero-order valence-corrected chi connectivity index (χ0v) is 11.1. The standard InChI is InChI=1S/C10H19IN2/c1-5-7-8-12-10(13(4)11)9(3)6-2/h7-8,12H,5-6H2,1-4H3/b8-7-,10-9-. The Labute approximate surface area is 95.6 Å². The average molecular weight is 294 g/mol. The molecule has 76 valence electrons. The smallest absolute Gasteiger partial charge is 0.113 e. The largest absolute Gasteiger partial charge is 0.348 e. The normalized spacial score (nSPS) is 13.0. The van der Waals surface area contributed by atoms with Crippen molar-refractivity contribution in [2.24, 2.45) is 0 Å². The van der Waals surface area contributed by atoms with E-state index in [9.17, 15) is 0 Å². The molecule has 0 fully saturated rings. The first-order valence-corrected chi connectivity index (χ1v) is 5.60. The van der Waals surface area contributed by atoms with Crippen LogP contribution in [0.1, 0.15) is 33.6 Å². The summed E-state index contributed by atoms with van der Waals surface area (Å²) < 4.78 is 2.08. The highest BCUT2D eigenvalue weighted by Crippen LogP contribution is 2.12. The van der Waals surface area contributed by atoms with Crippen molar-refractivity contribution in [3.63, 3.8) is 0 Å². The number of halogens is 1. The van der Waals surface area contributed by atoms with Crippen molar-refractivity contribution in [3.8, 4) is 0 Å². The highest BCUT2D eigenvalue weighted by Gasteiger charge is 2.01. The summed E-state index contributed by atoms with van der Waals surface area (Å²) in [5, 5.41) is 3.29. The van der Waals surface area contributed by atoms with Gasteiger partial charge >= 0.3 is 0 Å². The van der Waals surface area contributed by atoms with Gasteiger partial charge in [0.2, 0.25) is 0 Å². The van der Waals surface area contributed by atoms with Crippen LogP contribution in [0.2, 0.25) is 0 Å². The number of nitrogens with one attached hydrogen (secondary N) is 1. The highest BCUT2D eigenvalue weighted by atomic mass is 127. The Morgan fingerprint density at radius 2 is 2.08 bits per heavy atom. The van der Waals surface area contributed by atoms with E-state index in [4.69, 9.17) is 0 Å². The molecule has 0 aliphatic heterocycles. The van der Waals surface area contributed by atoms with Gasteiger partial charge in [-0.3, -0.25) is 0 Å². The van der Waals surface area contributed by atoms with E-state index < -0.39 is 0 Å². The summed E-state index contributed by atoms with van der Waals surface area (Å²) in [6.07, 6.45) is 6.26. The van der Waals surface area contributed by atoms with Crippen LogP contribution >= 0.6 is 22.9 Å². The van der Waals surface area contributed by atoms with Crippen molar-refractivity contribution >= 4 is 22.9 Å². The van der Waals surface area contributed by atoms with Gasteiger partial charge in [-0.2, -0.15) is 0 Å². The summed E-state index contributed by atoms with van der Waals surface area (Å²) in [4.78, 5) is 0. The van der Waals surface area contributed by atoms with Crippen molar-refractivity contribution in [1.29, 1.82) is 0 Å². The molecule has 0 aromatic heterocycles. The molecule has 0 aromatic rings. The minimum atomic E-state index is 1.07. The molecule has 0 atom stereocenters. The summed E-state index contributed by atoms with van der Waals surface area (Å²) in [5.41, 5.74) is 1.37. The molecule has 3 heteroatoms. The van der Waals surface area contributed by atoms with Gasteiger partial charge in [0.05, 0.1) is 22.9 Å². The van der Waals surface area contributed by atoms with Gasteiger partial charge in [-0.15, -0.1) is 0 Å². The summed E-state index contributed by atoms with van der Waals surface area (Å²) in [6.45, 7) is 6.44. The Bertz CT molecular complexity index is 195. The van der Waals surface area contributed by atoms with Crippen molar-refractivity contribution < 1.29 is 0 Å². The van der Waals surface area contributed by atoms with Gasteiger partial charge in [0.25, 0.3) is 0 Å². The molecule has 0 amide bonds. The van der Waals surface area contributed by atoms with Crippen molar-refractivity contribution in [1.82, 2.24) is 8.43 Å². The first kappa shape index (κ1) is 12.8. The zero-order valence-electron chi connectivity index (χ0n) is 8.89. The van der Waals surface area contributed by atoms with E-state index >= 15 is 0 Å². The van der Waals surface area contributed by atoms with E-state index in [1.165, 1.54) is 11.4 Å². The average Bonchev–Trinajstić information content (AvgIpc) is 2.11. The molecule has 0 bridgehead atoms. The van der Waals surface area contributed by atoms with Crippen LogP contribution in [0.5, 0.6) is 0 Å². The summed E-state index contributed by atoms with van der Waals surface area (Å²) >= 11 is 2.27. The van der Waals surface area contributed by atoms with E-state index in [1.54, 1.807) is 0 Å². The molecule has 0 aromatic carbocycles. The van der Waals surface area contributed by atoms with Crippen molar-refractivity contribution in [2.75, 3.05) is 7.05 Å². The number of nitrogens with zero attached hydrogens (tertiary/aromatic N) is 1. The number of hydrogen-bond acceptors (Lipinski definition) is 2. The van der Waals surface area contributed by atoms with Crippen LogP contribution in [0.25, 0.3) is 0 Å². The van der Waals surface area contributed by atoms with Crippen LogP contribution < -0.4 is 5.32 Å². The Hall–Kier alpha value is -0.190. The molecule has 0 aliphatic carbocycles. The lowest BCUT2D eigenvalue weighted by Gasteiger charge is -2.17. The molecule has 0 spiro atoms. The van der Waals surface area contributed by atoms with E-state index in [0.717, 1.165) is 12.8 Å². The third-order valence-electron chi connectivity index (χ3n) is 1.82. The van der Waals surface area contributed by atoms with E-state index in [1.807, 2.05) is 13.2 Å². The highest BCUT2D eigenvalue weighted by molar-refractivity contribution is 14.1. The van der Waals surface area contributed by atoms with Gasteiger partial charge in [0, 0.05) is 7.05 Å². The predicted molar refractivity (Wildman–Crippen MR) is 67.3 cm³/mol. The molecule has 13 heavy (non-hydrogen) atoms. The lowest BCUT2D eigenvalue weighted by atomic mass is 10.2. The minimum Gasteiger partial charge on any atom is -0.348 e. The molecule has 0 heterocycles. The first-order chi connectivity index (χ1) is 6.13. The SMILES string of the molecule is CC/C=C\N/C(=C(\C)CC)N(C)I. The number of rotatable bonds is 5. The van der Waals surface area contributed by atoms with Gasteiger partial charge in [-0.05, 0) is 31.5 Å². The van der Waals surface area contributed by atoms with Crippen LogP contribution in [0.3, 0.4) is 0 Å². The van der Waals surface area contributed by atoms with Crippen LogP contribution in [-0.4, -0.2) is 10.2 Å². The maximum Gasteiger partial charge on any atom is 0.113 e. The van der Waals surface area contributed by atoms with Crippen LogP contribution in [0.4, 0.5) is 0 Å². The Morgan fingerprint density at radius 1 is 1.46 bits per heavy atom. The fourth-order valence-electron chi connectivity index (χ4n) is 0.898. The fraction of sp³-hybridized carbons (Fsp3) is 0.600. The Morgan fingerprint density at radius 3 is 2.46 bits per heavy atom. The molecule has 1 N–H and O–H groups in total. The Kier molecular flexibility index (Phi) is 7.13. The van der Waals surface area contributed by atoms with Crippen molar-refractivity contribution in [3.05, 3.63) is 23.7 Å². The van der Waals surface area contributed by atoms with Crippen LogP contribution in [0, 0.1) is 0 Å². The van der Waals surface area contributed by atoms with Gasteiger partial charge < -0.3 is 8.43 Å². The Balaban J connectivity index is 4.36. The van der Waals surface area contributed by atoms with Crippen LogP contribution in [-0.2, 0) is 0 Å². The number of allylic oxidation sites excluding steroid dienone is 2. The lowest BCUT2D eigenvalue weighted by Crippen LogP contribution is -2.18. The maximum absolute atomic E-state index is 3.29. The first-order valence-electron chi connectivity index (χ1n) is 4.64. The van der Waals surface area contributed by atoms with Gasteiger partial charge in [-0.25, -0.2) is 0 Å². The zero-order chi connectivity index (χ0) is 10.3. The summed E-state index contributed by atoms with van der Waals surface area (Å²) in [6, 6.07) is 0. The minimum absolute atomic E-state index is 1.07. The summed E-state index contributed by atoms with van der Waals surface area (Å²) in [7, 11) is 2.04. The van der Waals surface area contributed by atoms with E-state index in [-0.39, 0.29) is 0 Å². The summed E-state index contributed by atoms with van der Waals surface area (Å²) in [5.74, 6) is 1.19. The number of hydrogen-bond donors (Lipinski definition) is 1. The van der Waals surface area contributed by atoms with E-state index in [2.05, 4.69) is 58.1 Å². The van der Waals surface area contributed by atoms with Gasteiger partial charge in [0.15, 0.2) is 0 Å². The molecule has 0 aliphatic rings. The molecular formula is C10H19IN2. The predicted octanol–water partition coefficient (Wildman–Crippen LogP) is 3.42. The molecule has 0 saturated heterocycles. The second kappa shape index (κ2) is 7.24. The molecular weight excluding hydrogens is 275 g/mol. The second-order valence-corrected chi connectivity index (χ2v) is 4.36. The fourth-order valence-corrected chi connectivity index (χ4v) is 1.45. The molecule has 0 radical (unpaired) electrons. The van der Waals surface area contributed by atoms with E-state index in [0.29, 0.717) is 0 Å². The monoisotopic (exact) mass is 294 g/mol. The quantitative estimate of drug-likeness (QED) is 0.617. The van der Waals surface area contributed by atoms with Crippen molar-refractivity contribution in [2.45, 2.75) is 33.6 Å². The molecule has 0 saturated carbocycles. The third-order valence-corrected chi connectivity index (χ3v) is 2.30. The topological polar surface area (TPSA) is 15.3 Å².